The molecular formula is C12H12ClFO2. The zero-order valence-corrected chi connectivity index (χ0v) is 9.63. The van der Waals surface area contributed by atoms with Crippen LogP contribution < -0.4 is 0 Å². The van der Waals surface area contributed by atoms with Gasteiger partial charge in [-0.05, 0) is 17.7 Å². The zero-order valence-electron chi connectivity index (χ0n) is 8.87. The molecule has 0 amide bonds. The summed E-state index contributed by atoms with van der Waals surface area (Å²) in [6.07, 6.45) is 0.167. The lowest BCUT2D eigenvalue weighted by Crippen LogP contribution is -2.43. The second-order valence-electron chi connectivity index (χ2n) is 4.11. The summed E-state index contributed by atoms with van der Waals surface area (Å²) in [5.41, 5.74) is -0.773. The van der Waals surface area contributed by atoms with Crippen molar-refractivity contribution >= 4 is 17.6 Å². The number of halogens is 2. The van der Waals surface area contributed by atoms with Crippen LogP contribution in [0.25, 0.3) is 0 Å². The van der Waals surface area contributed by atoms with Gasteiger partial charge in [0.05, 0.1) is 0 Å². The number of alkyl halides is 1. The van der Waals surface area contributed by atoms with Gasteiger partial charge in [-0.25, -0.2) is 4.39 Å². The van der Waals surface area contributed by atoms with Gasteiger partial charge in [-0.2, -0.15) is 0 Å². The molecule has 16 heavy (non-hydrogen) atoms. The summed E-state index contributed by atoms with van der Waals surface area (Å²) < 4.78 is 19.2. The van der Waals surface area contributed by atoms with Gasteiger partial charge in [0, 0.05) is 24.8 Å². The maximum atomic E-state index is 14.2. The van der Waals surface area contributed by atoms with Crippen molar-refractivity contribution in [1.82, 2.24) is 0 Å². The number of hydrogen-bond donors (Lipinski definition) is 0. The van der Waals surface area contributed by atoms with Crippen LogP contribution in [0.15, 0.2) is 24.3 Å². The smallest absolute Gasteiger partial charge is 0.302 e. The summed E-state index contributed by atoms with van der Waals surface area (Å²) >= 11 is 5.73. The van der Waals surface area contributed by atoms with E-state index in [9.17, 15) is 9.18 Å². The Kier molecular flexibility index (Phi) is 2.89. The summed E-state index contributed by atoms with van der Waals surface area (Å²) in [5.74, 6) is -0.358. The van der Waals surface area contributed by atoms with E-state index in [-0.39, 0.29) is 24.9 Å². The Morgan fingerprint density at radius 1 is 1.44 bits per heavy atom. The molecule has 1 aliphatic carbocycles. The third-order valence-electron chi connectivity index (χ3n) is 2.80. The number of rotatable bonds is 2. The van der Waals surface area contributed by atoms with Crippen molar-refractivity contribution in [3.8, 4) is 0 Å². The van der Waals surface area contributed by atoms with E-state index < -0.39 is 5.67 Å². The molecule has 86 valence electrons. The maximum Gasteiger partial charge on any atom is 0.302 e. The number of esters is 1. The fourth-order valence-corrected chi connectivity index (χ4v) is 2.09. The molecule has 2 rings (SSSR count). The van der Waals surface area contributed by atoms with E-state index in [1.54, 1.807) is 24.3 Å². The van der Waals surface area contributed by atoms with Crippen LogP contribution in [0, 0.1) is 0 Å². The summed E-state index contributed by atoms with van der Waals surface area (Å²) in [6, 6.07) is 6.67. The average molecular weight is 243 g/mol. The lowest BCUT2D eigenvalue weighted by Gasteiger charge is -2.40. The molecule has 0 radical (unpaired) electrons. The molecule has 4 heteroatoms. The van der Waals surface area contributed by atoms with Crippen LogP contribution in [0.4, 0.5) is 4.39 Å². The average Bonchev–Trinajstić information content (AvgIpc) is 2.15. The number of carbonyl (C=O) groups is 1. The molecule has 0 N–H and O–H groups in total. The van der Waals surface area contributed by atoms with Crippen molar-refractivity contribution in [2.75, 3.05) is 0 Å². The van der Waals surface area contributed by atoms with Crippen molar-refractivity contribution in [2.24, 2.45) is 0 Å². The van der Waals surface area contributed by atoms with Gasteiger partial charge in [0.1, 0.15) is 11.8 Å². The van der Waals surface area contributed by atoms with E-state index in [0.717, 1.165) is 0 Å². The molecule has 1 fully saturated rings. The van der Waals surface area contributed by atoms with Crippen molar-refractivity contribution in [2.45, 2.75) is 31.5 Å². The molecule has 0 aromatic heterocycles. The van der Waals surface area contributed by atoms with Crippen LogP contribution in [0.2, 0.25) is 5.02 Å². The maximum absolute atomic E-state index is 14.2. The van der Waals surface area contributed by atoms with Crippen LogP contribution in [-0.4, -0.2) is 12.1 Å². The van der Waals surface area contributed by atoms with Gasteiger partial charge in [-0.3, -0.25) is 4.79 Å². The molecule has 1 aliphatic rings. The normalized spacial score (nSPS) is 28.3. The summed E-state index contributed by atoms with van der Waals surface area (Å²) in [6.45, 7) is 1.33. The number of benzene rings is 1. The molecule has 0 heterocycles. The first-order valence-electron chi connectivity index (χ1n) is 5.12. The quantitative estimate of drug-likeness (QED) is 0.745. The fraction of sp³-hybridized carbons (Fsp3) is 0.417. The Bertz CT molecular complexity index is 396. The Morgan fingerprint density at radius 2 is 2.00 bits per heavy atom. The van der Waals surface area contributed by atoms with Gasteiger partial charge < -0.3 is 4.74 Å². The highest BCUT2D eigenvalue weighted by molar-refractivity contribution is 6.30. The molecule has 1 saturated carbocycles. The third kappa shape index (κ3) is 2.19. The van der Waals surface area contributed by atoms with Crippen LogP contribution in [0.1, 0.15) is 25.3 Å². The largest absolute Gasteiger partial charge is 0.462 e. The Balaban J connectivity index is 2.02. The molecule has 0 saturated heterocycles. The van der Waals surface area contributed by atoms with E-state index in [2.05, 4.69) is 0 Å². The highest BCUT2D eigenvalue weighted by atomic mass is 35.5. The SMILES string of the molecule is CC(=O)OC1CC(F)(c2ccc(Cl)cc2)C1. The first kappa shape index (κ1) is 11.4. The highest BCUT2D eigenvalue weighted by Gasteiger charge is 2.48. The van der Waals surface area contributed by atoms with E-state index in [4.69, 9.17) is 16.3 Å². The fourth-order valence-electron chi connectivity index (χ4n) is 1.96. The molecule has 0 bridgehead atoms. The van der Waals surface area contributed by atoms with Crippen molar-refractivity contribution in [3.63, 3.8) is 0 Å². The second-order valence-corrected chi connectivity index (χ2v) is 4.55. The van der Waals surface area contributed by atoms with E-state index in [0.29, 0.717) is 10.6 Å². The van der Waals surface area contributed by atoms with Gasteiger partial charge in [-0.1, -0.05) is 23.7 Å². The molecule has 1 aromatic carbocycles. The Morgan fingerprint density at radius 3 is 2.50 bits per heavy atom. The van der Waals surface area contributed by atoms with E-state index >= 15 is 0 Å². The van der Waals surface area contributed by atoms with Gasteiger partial charge in [0.25, 0.3) is 0 Å². The number of ether oxygens (including phenoxy) is 1. The molecule has 2 nitrogen and oxygen atoms in total. The summed E-state index contributed by atoms with van der Waals surface area (Å²) in [5, 5.41) is 0.586. The van der Waals surface area contributed by atoms with Gasteiger partial charge in [-0.15, -0.1) is 0 Å². The Labute approximate surface area is 98.4 Å². The predicted molar refractivity (Wildman–Crippen MR) is 59.0 cm³/mol. The van der Waals surface area contributed by atoms with Crippen LogP contribution in [-0.2, 0) is 15.2 Å². The van der Waals surface area contributed by atoms with Crippen LogP contribution in [0.5, 0.6) is 0 Å². The van der Waals surface area contributed by atoms with Crippen molar-refractivity contribution in [3.05, 3.63) is 34.9 Å². The van der Waals surface area contributed by atoms with Gasteiger partial charge >= 0.3 is 5.97 Å². The van der Waals surface area contributed by atoms with Gasteiger partial charge in [0.2, 0.25) is 0 Å². The Hall–Kier alpha value is -1.09. The van der Waals surface area contributed by atoms with Crippen LogP contribution >= 0.6 is 11.6 Å². The lowest BCUT2D eigenvalue weighted by molar-refractivity contribution is -0.161. The molecule has 0 aliphatic heterocycles. The third-order valence-corrected chi connectivity index (χ3v) is 3.05. The molecule has 0 atom stereocenters. The zero-order chi connectivity index (χ0) is 11.8. The lowest BCUT2D eigenvalue weighted by atomic mass is 9.74. The minimum atomic E-state index is -1.37. The van der Waals surface area contributed by atoms with Crippen LogP contribution in [0.3, 0.4) is 0 Å². The number of hydrogen-bond acceptors (Lipinski definition) is 2. The van der Waals surface area contributed by atoms with Crippen molar-refractivity contribution in [1.29, 1.82) is 0 Å². The summed E-state index contributed by atoms with van der Waals surface area (Å²) in [4.78, 5) is 10.7. The van der Waals surface area contributed by atoms with E-state index in [1.807, 2.05) is 0 Å². The topological polar surface area (TPSA) is 26.3 Å². The summed E-state index contributed by atoms with van der Waals surface area (Å²) in [7, 11) is 0. The minimum absolute atomic E-state index is 0.230. The minimum Gasteiger partial charge on any atom is -0.462 e. The first-order valence-corrected chi connectivity index (χ1v) is 5.49. The first-order chi connectivity index (χ1) is 7.49. The number of carbonyl (C=O) groups excluding carboxylic acids is 1. The standard InChI is InChI=1S/C12H12ClFO2/c1-8(15)16-11-6-12(14,7-11)9-2-4-10(13)5-3-9/h2-5,11H,6-7H2,1H3. The monoisotopic (exact) mass is 242 g/mol. The molecule has 0 spiro atoms. The highest BCUT2D eigenvalue weighted by Crippen LogP contribution is 2.46. The molecule has 1 aromatic rings. The predicted octanol–water partition coefficient (Wildman–Crippen LogP) is 3.23. The van der Waals surface area contributed by atoms with E-state index in [1.165, 1.54) is 6.92 Å². The van der Waals surface area contributed by atoms with Crippen molar-refractivity contribution < 1.29 is 13.9 Å². The van der Waals surface area contributed by atoms with Gasteiger partial charge in [0.15, 0.2) is 0 Å². The second kappa shape index (κ2) is 4.06. The molecular weight excluding hydrogens is 231 g/mol. The molecule has 0 unspecified atom stereocenters.